The standard InChI is InChI=1S/C11H15NO2/c1-4-11(2,3)14-10-6-5-9(8-13)7-12-10/h5-8H,4H2,1-3H3. The number of carbonyl (C=O) groups excluding carboxylic acids is 1. The molecule has 0 aliphatic carbocycles. The van der Waals surface area contributed by atoms with Crippen molar-refractivity contribution in [1.82, 2.24) is 4.98 Å². The normalized spacial score (nSPS) is 11.1. The molecule has 0 saturated carbocycles. The highest BCUT2D eigenvalue weighted by Gasteiger charge is 2.17. The minimum atomic E-state index is -0.213. The number of ether oxygens (including phenoxy) is 1. The van der Waals surface area contributed by atoms with E-state index in [1.807, 2.05) is 13.8 Å². The highest BCUT2D eigenvalue weighted by molar-refractivity contribution is 5.73. The molecule has 0 radical (unpaired) electrons. The van der Waals surface area contributed by atoms with E-state index >= 15 is 0 Å². The number of rotatable bonds is 4. The van der Waals surface area contributed by atoms with E-state index in [4.69, 9.17) is 4.74 Å². The van der Waals surface area contributed by atoms with E-state index in [0.717, 1.165) is 12.7 Å². The second kappa shape index (κ2) is 4.22. The zero-order valence-electron chi connectivity index (χ0n) is 8.78. The SMILES string of the molecule is CCC(C)(C)Oc1ccc(C=O)cn1. The van der Waals surface area contributed by atoms with Crippen molar-refractivity contribution in [3.05, 3.63) is 23.9 Å². The van der Waals surface area contributed by atoms with Gasteiger partial charge < -0.3 is 4.74 Å². The third-order valence-electron chi connectivity index (χ3n) is 2.13. The Kier molecular flexibility index (Phi) is 3.23. The molecular weight excluding hydrogens is 178 g/mol. The molecule has 0 saturated heterocycles. The fourth-order valence-electron chi connectivity index (χ4n) is 0.877. The first-order valence-corrected chi connectivity index (χ1v) is 4.67. The molecule has 1 aromatic heterocycles. The van der Waals surface area contributed by atoms with E-state index < -0.39 is 0 Å². The summed E-state index contributed by atoms with van der Waals surface area (Å²) < 4.78 is 5.62. The maximum Gasteiger partial charge on any atom is 0.213 e. The van der Waals surface area contributed by atoms with Crippen LogP contribution in [0.1, 0.15) is 37.6 Å². The molecule has 1 rings (SSSR count). The molecule has 0 fully saturated rings. The Morgan fingerprint density at radius 1 is 1.50 bits per heavy atom. The van der Waals surface area contributed by atoms with Gasteiger partial charge in [0.2, 0.25) is 5.88 Å². The van der Waals surface area contributed by atoms with Crippen molar-refractivity contribution in [2.24, 2.45) is 0 Å². The highest BCUT2D eigenvalue weighted by atomic mass is 16.5. The van der Waals surface area contributed by atoms with Gasteiger partial charge in [0, 0.05) is 17.8 Å². The number of aromatic nitrogens is 1. The van der Waals surface area contributed by atoms with Crippen LogP contribution in [-0.4, -0.2) is 16.9 Å². The number of hydrogen-bond donors (Lipinski definition) is 0. The molecule has 0 aliphatic heterocycles. The summed E-state index contributed by atoms with van der Waals surface area (Å²) in [6.07, 6.45) is 3.18. The lowest BCUT2D eigenvalue weighted by molar-refractivity contribution is 0.0989. The number of pyridine rings is 1. The summed E-state index contributed by atoms with van der Waals surface area (Å²) in [6, 6.07) is 3.40. The van der Waals surface area contributed by atoms with Crippen LogP contribution in [0.4, 0.5) is 0 Å². The van der Waals surface area contributed by atoms with Crippen LogP contribution in [0.3, 0.4) is 0 Å². The third-order valence-corrected chi connectivity index (χ3v) is 2.13. The molecule has 0 unspecified atom stereocenters. The lowest BCUT2D eigenvalue weighted by Crippen LogP contribution is -2.27. The topological polar surface area (TPSA) is 39.2 Å². The Balaban J connectivity index is 2.73. The van der Waals surface area contributed by atoms with Crippen LogP contribution in [0.15, 0.2) is 18.3 Å². The lowest BCUT2D eigenvalue weighted by Gasteiger charge is -2.23. The summed E-state index contributed by atoms with van der Waals surface area (Å²) in [5.74, 6) is 0.558. The predicted molar refractivity (Wildman–Crippen MR) is 54.6 cm³/mol. The Morgan fingerprint density at radius 2 is 2.21 bits per heavy atom. The molecule has 1 aromatic rings. The first kappa shape index (κ1) is 10.7. The van der Waals surface area contributed by atoms with Gasteiger partial charge in [0.05, 0.1) is 0 Å². The van der Waals surface area contributed by atoms with Crippen LogP contribution in [0.5, 0.6) is 5.88 Å². The van der Waals surface area contributed by atoms with Crippen molar-refractivity contribution in [2.75, 3.05) is 0 Å². The van der Waals surface area contributed by atoms with Crippen molar-refractivity contribution in [3.8, 4) is 5.88 Å². The summed E-state index contributed by atoms with van der Waals surface area (Å²) >= 11 is 0. The van der Waals surface area contributed by atoms with Gasteiger partial charge in [-0.15, -0.1) is 0 Å². The average molecular weight is 193 g/mol. The minimum absolute atomic E-state index is 0.213. The van der Waals surface area contributed by atoms with Crippen molar-refractivity contribution in [2.45, 2.75) is 32.8 Å². The molecule has 0 atom stereocenters. The maximum atomic E-state index is 10.4. The van der Waals surface area contributed by atoms with E-state index in [2.05, 4.69) is 11.9 Å². The molecule has 0 bridgehead atoms. The number of aldehydes is 1. The van der Waals surface area contributed by atoms with Gasteiger partial charge in [0.1, 0.15) is 5.60 Å². The van der Waals surface area contributed by atoms with Crippen LogP contribution in [0, 0.1) is 0 Å². The van der Waals surface area contributed by atoms with Crippen molar-refractivity contribution in [3.63, 3.8) is 0 Å². The maximum absolute atomic E-state index is 10.4. The van der Waals surface area contributed by atoms with Gasteiger partial charge in [-0.1, -0.05) is 6.92 Å². The van der Waals surface area contributed by atoms with Gasteiger partial charge in [0.25, 0.3) is 0 Å². The molecule has 3 heteroatoms. The van der Waals surface area contributed by atoms with E-state index in [9.17, 15) is 4.79 Å². The summed E-state index contributed by atoms with van der Waals surface area (Å²) in [5, 5.41) is 0. The second-order valence-electron chi connectivity index (χ2n) is 3.76. The summed E-state index contributed by atoms with van der Waals surface area (Å²) in [4.78, 5) is 14.4. The number of carbonyl (C=O) groups is 1. The molecule has 0 spiro atoms. The van der Waals surface area contributed by atoms with Crippen LogP contribution in [-0.2, 0) is 0 Å². The smallest absolute Gasteiger partial charge is 0.213 e. The molecule has 3 nitrogen and oxygen atoms in total. The lowest BCUT2D eigenvalue weighted by atomic mass is 10.1. The Morgan fingerprint density at radius 3 is 2.64 bits per heavy atom. The van der Waals surface area contributed by atoms with E-state index in [-0.39, 0.29) is 5.60 Å². The fourth-order valence-corrected chi connectivity index (χ4v) is 0.877. The first-order valence-electron chi connectivity index (χ1n) is 4.67. The fraction of sp³-hybridized carbons (Fsp3) is 0.455. The van der Waals surface area contributed by atoms with Crippen LogP contribution in [0.25, 0.3) is 0 Å². The van der Waals surface area contributed by atoms with Crippen molar-refractivity contribution >= 4 is 6.29 Å². The van der Waals surface area contributed by atoms with Crippen LogP contribution < -0.4 is 4.74 Å². The molecule has 0 aromatic carbocycles. The third kappa shape index (κ3) is 2.83. The van der Waals surface area contributed by atoms with Gasteiger partial charge in [-0.05, 0) is 26.3 Å². The summed E-state index contributed by atoms with van der Waals surface area (Å²) in [7, 11) is 0. The zero-order valence-corrected chi connectivity index (χ0v) is 8.78. The minimum Gasteiger partial charge on any atom is -0.472 e. The summed E-state index contributed by atoms with van der Waals surface area (Å²) in [5.41, 5.74) is 0.349. The second-order valence-corrected chi connectivity index (χ2v) is 3.76. The largest absolute Gasteiger partial charge is 0.472 e. The molecule has 0 amide bonds. The van der Waals surface area contributed by atoms with Gasteiger partial charge >= 0.3 is 0 Å². The molecule has 0 aliphatic rings. The molecule has 1 heterocycles. The zero-order chi connectivity index (χ0) is 10.6. The first-order chi connectivity index (χ1) is 6.57. The molecule has 0 N–H and O–H groups in total. The highest BCUT2D eigenvalue weighted by Crippen LogP contribution is 2.18. The van der Waals surface area contributed by atoms with Gasteiger partial charge in [-0.2, -0.15) is 0 Å². The Bertz CT molecular complexity index is 304. The molecular formula is C11H15NO2. The Labute approximate surface area is 84.1 Å². The van der Waals surface area contributed by atoms with E-state index in [1.165, 1.54) is 6.20 Å². The van der Waals surface area contributed by atoms with E-state index in [1.54, 1.807) is 12.1 Å². The molecule has 14 heavy (non-hydrogen) atoms. The van der Waals surface area contributed by atoms with Crippen molar-refractivity contribution < 1.29 is 9.53 Å². The van der Waals surface area contributed by atoms with Gasteiger partial charge in [-0.3, -0.25) is 4.79 Å². The number of hydrogen-bond acceptors (Lipinski definition) is 3. The van der Waals surface area contributed by atoms with Gasteiger partial charge in [-0.25, -0.2) is 4.98 Å². The monoisotopic (exact) mass is 193 g/mol. The molecule has 76 valence electrons. The van der Waals surface area contributed by atoms with Crippen LogP contribution in [0.2, 0.25) is 0 Å². The average Bonchev–Trinajstić information content (AvgIpc) is 2.19. The quantitative estimate of drug-likeness (QED) is 0.689. The number of nitrogens with zero attached hydrogens (tertiary/aromatic N) is 1. The van der Waals surface area contributed by atoms with E-state index in [0.29, 0.717) is 11.4 Å². The predicted octanol–water partition coefficient (Wildman–Crippen LogP) is 2.46. The van der Waals surface area contributed by atoms with Gasteiger partial charge in [0.15, 0.2) is 6.29 Å². The Hall–Kier alpha value is -1.38. The van der Waals surface area contributed by atoms with Crippen molar-refractivity contribution in [1.29, 1.82) is 0 Å². The van der Waals surface area contributed by atoms with Crippen LogP contribution >= 0.6 is 0 Å². The summed E-state index contributed by atoms with van der Waals surface area (Å²) in [6.45, 7) is 6.06.